The van der Waals surface area contributed by atoms with Gasteiger partial charge in [0.2, 0.25) is 5.91 Å². The molecule has 0 bridgehead atoms. The summed E-state index contributed by atoms with van der Waals surface area (Å²) in [5.74, 6) is -0.324. The molecule has 0 saturated carbocycles. The van der Waals surface area contributed by atoms with E-state index in [0.717, 1.165) is 4.88 Å². The number of imide groups is 1. The standard InChI is InChI=1S/C15H16N2O4S/c18-13(4-3-12-2-1-9-22-12)16-7-5-11(6-8-16)17-14(19)10-21-15(17)20/h1-4,9,11H,5-8,10H2. The lowest BCUT2D eigenvalue weighted by Crippen LogP contribution is -2.48. The van der Waals surface area contributed by atoms with Gasteiger partial charge in [-0.15, -0.1) is 11.3 Å². The van der Waals surface area contributed by atoms with Crippen LogP contribution in [0.3, 0.4) is 0 Å². The molecule has 0 atom stereocenters. The van der Waals surface area contributed by atoms with Crippen LogP contribution in [0.2, 0.25) is 0 Å². The highest BCUT2D eigenvalue weighted by Crippen LogP contribution is 2.21. The molecule has 2 fully saturated rings. The van der Waals surface area contributed by atoms with Gasteiger partial charge in [0.05, 0.1) is 0 Å². The van der Waals surface area contributed by atoms with Gasteiger partial charge in [0.1, 0.15) is 0 Å². The van der Waals surface area contributed by atoms with Crippen LogP contribution >= 0.6 is 11.3 Å². The maximum absolute atomic E-state index is 12.1. The third kappa shape index (κ3) is 3.04. The first kappa shape index (κ1) is 14.8. The molecule has 22 heavy (non-hydrogen) atoms. The van der Waals surface area contributed by atoms with Crippen molar-refractivity contribution in [2.75, 3.05) is 19.7 Å². The van der Waals surface area contributed by atoms with E-state index in [9.17, 15) is 14.4 Å². The first-order valence-electron chi connectivity index (χ1n) is 7.14. The summed E-state index contributed by atoms with van der Waals surface area (Å²) in [6, 6.07) is 3.73. The second kappa shape index (κ2) is 6.31. The molecule has 0 spiro atoms. The molecule has 3 heterocycles. The number of likely N-dealkylation sites (tertiary alicyclic amines) is 1. The minimum atomic E-state index is -0.563. The SMILES string of the molecule is O=C(C=Cc1cccs1)N1CCC(N2C(=O)COC2=O)CC1. The minimum Gasteiger partial charge on any atom is -0.439 e. The van der Waals surface area contributed by atoms with E-state index in [1.165, 1.54) is 4.90 Å². The average Bonchev–Trinajstić information content (AvgIpc) is 3.15. The van der Waals surface area contributed by atoms with Gasteiger partial charge >= 0.3 is 6.09 Å². The van der Waals surface area contributed by atoms with E-state index < -0.39 is 6.09 Å². The van der Waals surface area contributed by atoms with Crippen LogP contribution in [0.15, 0.2) is 23.6 Å². The maximum atomic E-state index is 12.1. The molecule has 1 aromatic rings. The third-order valence-electron chi connectivity index (χ3n) is 3.86. The number of rotatable bonds is 3. The zero-order valence-corrected chi connectivity index (χ0v) is 12.8. The van der Waals surface area contributed by atoms with E-state index in [-0.39, 0.29) is 24.5 Å². The summed E-state index contributed by atoms with van der Waals surface area (Å²) in [6.45, 7) is 0.909. The van der Waals surface area contributed by atoms with E-state index in [0.29, 0.717) is 25.9 Å². The normalized spacial score (nSPS) is 20.0. The predicted molar refractivity (Wildman–Crippen MR) is 81.1 cm³/mol. The molecule has 1 aromatic heterocycles. The second-order valence-corrected chi connectivity index (χ2v) is 6.20. The molecule has 0 unspecified atom stereocenters. The molecule has 0 aliphatic carbocycles. The molecule has 0 aromatic carbocycles. The highest BCUT2D eigenvalue weighted by atomic mass is 32.1. The quantitative estimate of drug-likeness (QED) is 0.796. The van der Waals surface area contributed by atoms with Crippen molar-refractivity contribution in [3.05, 3.63) is 28.5 Å². The van der Waals surface area contributed by atoms with Gasteiger partial charge in [-0.05, 0) is 30.4 Å². The van der Waals surface area contributed by atoms with E-state index >= 15 is 0 Å². The van der Waals surface area contributed by atoms with Crippen molar-refractivity contribution in [1.82, 2.24) is 9.80 Å². The lowest BCUT2D eigenvalue weighted by Gasteiger charge is -2.34. The van der Waals surface area contributed by atoms with E-state index in [2.05, 4.69) is 0 Å². The summed E-state index contributed by atoms with van der Waals surface area (Å²) in [5.41, 5.74) is 0. The van der Waals surface area contributed by atoms with Crippen LogP contribution < -0.4 is 0 Å². The minimum absolute atomic E-state index is 0.0397. The van der Waals surface area contributed by atoms with Gasteiger partial charge in [0, 0.05) is 30.1 Å². The maximum Gasteiger partial charge on any atom is 0.417 e. The number of thiophene rings is 1. The van der Waals surface area contributed by atoms with Crippen molar-refractivity contribution >= 4 is 35.3 Å². The Hall–Kier alpha value is -2.15. The Kier molecular flexibility index (Phi) is 4.24. The van der Waals surface area contributed by atoms with Crippen LogP contribution in [0.4, 0.5) is 4.79 Å². The molecule has 3 rings (SSSR count). The zero-order valence-electron chi connectivity index (χ0n) is 11.9. The molecule has 6 nitrogen and oxygen atoms in total. The molecular weight excluding hydrogens is 304 g/mol. The highest BCUT2D eigenvalue weighted by molar-refractivity contribution is 7.10. The van der Waals surface area contributed by atoms with Gasteiger partial charge in [-0.25, -0.2) is 9.69 Å². The predicted octanol–water partition coefficient (Wildman–Crippen LogP) is 1.73. The van der Waals surface area contributed by atoms with Gasteiger partial charge in [-0.3, -0.25) is 9.59 Å². The van der Waals surface area contributed by atoms with Crippen LogP contribution in [0, 0.1) is 0 Å². The van der Waals surface area contributed by atoms with Crippen molar-refractivity contribution in [3.8, 4) is 0 Å². The molecule has 0 radical (unpaired) electrons. The van der Waals surface area contributed by atoms with E-state index in [1.54, 1.807) is 28.4 Å². The summed E-state index contributed by atoms with van der Waals surface area (Å²) in [7, 11) is 0. The molecule has 3 amide bonds. The topological polar surface area (TPSA) is 66.9 Å². The summed E-state index contributed by atoms with van der Waals surface area (Å²) >= 11 is 1.58. The van der Waals surface area contributed by atoms with E-state index in [1.807, 2.05) is 17.5 Å². The van der Waals surface area contributed by atoms with Crippen molar-refractivity contribution < 1.29 is 19.1 Å². The number of piperidine rings is 1. The van der Waals surface area contributed by atoms with Gasteiger partial charge in [0.15, 0.2) is 6.61 Å². The lowest BCUT2D eigenvalue weighted by atomic mass is 10.0. The fourth-order valence-corrected chi connectivity index (χ4v) is 3.32. The number of amides is 3. The molecule has 2 aliphatic rings. The Morgan fingerprint density at radius 3 is 2.68 bits per heavy atom. The Bertz CT molecular complexity index is 587. The number of nitrogens with zero attached hydrogens (tertiary/aromatic N) is 2. The third-order valence-corrected chi connectivity index (χ3v) is 4.70. The summed E-state index contributed by atoms with van der Waals surface area (Å²) in [4.78, 5) is 39.2. The monoisotopic (exact) mass is 320 g/mol. The summed E-state index contributed by atoms with van der Waals surface area (Å²) in [5, 5.41) is 1.96. The summed E-state index contributed by atoms with van der Waals surface area (Å²) < 4.78 is 4.73. The van der Waals surface area contributed by atoms with Gasteiger partial charge in [-0.2, -0.15) is 0 Å². The molecular formula is C15H16N2O4S. The van der Waals surface area contributed by atoms with Crippen LogP contribution in [0.5, 0.6) is 0 Å². The Morgan fingerprint density at radius 1 is 1.32 bits per heavy atom. The van der Waals surface area contributed by atoms with Gasteiger partial charge in [-0.1, -0.05) is 6.07 Å². The van der Waals surface area contributed by atoms with Crippen molar-refractivity contribution in [2.45, 2.75) is 18.9 Å². The van der Waals surface area contributed by atoms with Crippen LogP contribution in [-0.4, -0.2) is 53.4 Å². The number of hydrogen-bond donors (Lipinski definition) is 0. The fourth-order valence-electron chi connectivity index (χ4n) is 2.71. The summed E-state index contributed by atoms with van der Waals surface area (Å²) in [6.07, 6.45) is 4.01. The number of hydrogen-bond acceptors (Lipinski definition) is 5. The Morgan fingerprint density at radius 2 is 2.09 bits per heavy atom. The van der Waals surface area contributed by atoms with Gasteiger partial charge in [0.25, 0.3) is 5.91 Å². The number of ether oxygens (including phenoxy) is 1. The molecule has 7 heteroatoms. The highest BCUT2D eigenvalue weighted by Gasteiger charge is 2.38. The number of carbonyl (C=O) groups excluding carboxylic acids is 3. The van der Waals surface area contributed by atoms with Crippen molar-refractivity contribution in [3.63, 3.8) is 0 Å². The van der Waals surface area contributed by atoms with E-state index in [4.69, 9.17) is 4.74 Å². The second-order valence-electron chi connectivity index (χ2n) is 5.22. The average molecular weight is 320 g/mol. The zero-order chi connectivity index (χ0) is 15.5. The fraction of sp³-hybridized carbons (Fsp3) is 0.400. The first-order chi connectivity index (χ1) is 10.6. The molecule has 116 valence electrons. The van der Waals surface area contributed by atoms with Crippen molar-refractivity contribution in [1.29, 1.82) is 0 Å². The van der Waals surface area contributed by atoms with Crippen LogP contribution in [0.25, 0.3) is 6.08 Å². The first-order valence-corrected chi connectivity index (χ1v) is 8.02. The Balaban J connectivity index is 1.54. The lowest BCUT2D eigenvalue weighted by molar-refractivity contribution is -0.129. The molecule has 0 N–H and O–H groups in total. The molecule has 2 saturated heterocycles. The Labute approximate surface area is 132 Å². The largest absolute Gasteiger partial charge is 0.439 e. The van der Waals surface area contributed by atoms with Crippen LogP contribution in [-0.2, 0) is 14.3 Å². The van der Waals surface area contributed by atoms with Gasteiger partial charge < -0.3 is 9.64 Å². The number of carbonyl (C=O) groups is 3. The smallest absolute Gasteiger partial charge is 0.417 e. The van der Waals surface area contributed by atoms with Crippen molar-refractivity contribution in [2.24, 2.45) is 0 Å². The molecule has 2 aliphatic heterocycles. The van der Waals surface area contributed by atoms with Crippen LogP contribution in [0.1, 0.15) is 17.7 Å². The number of cyclic esters (lactones) is 1.